The van der Waals surface area contributed by atoms with Crippen molar-refractivity contribution in [2.45, 2.75) is 38.3 Å². The van der Waals surface area contributed by atoms with Crippen LogP contribution >= 0.6 is 11.6 Å². The van der Waals surface area contributed by atoms with Crippen molar-refractivity contribution >= 4 is 39.1 Å². The van der Waals surface area contributed by atoms with Gasteiger partial charge in [-0.05, 0) is 56.2 Å². The first-order valence-electron chi connectivity index (χ1n) is 11.5. The van der Waals surface area contributed by atoms with Gasteiger partial charge in [0.15, 0.2) is 0 Å². The lowest BCUT2D eigenvalue weighted by Crippen LogP contribution is -2.50. The quantitative estimate of drug-likeness (QED) is 0.449. The predicted molar refractivity (Wildman–Crippen MR) is 142 cm³/mol. The van der Waals surface area contributed by atoms with Crippen LogP contribution in [0, 0.1) is 13.8 Å². The third-order valence-corrected chi connectivity index (χ3v) is 8.15. The number of aryl methyl sites for hydroxylation is 1. The monoisotopic (exact) mass is 527 g/mol. The van der Waals surface area contributed by atoms with Crippen LogP contribution in [0.5, 0.6) is 0 Å². The Morgan fingerprint density at radius 3 is 2.28 bits per heavy atom. The van der Waals surface area contributed by atoms with Crippen molar-refractivity contribution in [3.8, 4) is 0 Å². The van der Waals surface area contributed by atoms with E-state index in [0.29, 0.717) is 16.3 Å². The number of rotatable bonds is 9. The molecule has 9 heteroatoms. The molecule has 0 spiro atoms. The summed E-state index contributed by atoms with van der Waals surface area (Å²) in [4.78, 5) is 27.7. The van der Waals surface area contributed by atoms with Gasteiger partial charge >= 0.3 is 0 Å². The van der Waals surface area contributed by atoms with Crippen molar-refractivity contribution in [3.63, 3.8) is 0 Å². The number of sulfonamides is 1. The zero-order valence-electron chi connectivity index (χ0n) is 20.7. The topological polar surface area (TPSA) is 86.8 Å². The molecule has 1 atom stereocenters. The fraction of sp³-hybridized carbons (Fsp3) is 0.259. The molecule has 7 nitrogen and oxygen atoms in total. The first kappa shape index (κ1) is 27.2. The largest absolute Gasteiger partial charge is 0.357 e. The van der Waals surface area contributed by atoms with Crippen LogP contribution in [-0.2, 0) is 26.2 Å². The number of hydrogen-bond acceptors (Lipinski definition) is 4. The molecule has 3 aromatic rings. The first-order valence-corrected chi connectivity index (χ1v) is 13.3. The number of amides is 2. The summed E-state index contributed by atoms with van der Waals surface area (Å²) < 4.78 is 28.6. The van der Waals surface area contributed by atoms with Crippen LogP contribution < -0.4 is 9.62 Å². The highest BCUT2D eigenvalue weighted by atomic mass is 35.5. The smallest absolute Gasteiger partial charge is 0.264 e. The molecule has 0 aromatic heterocycles. The standard InChI is InChI=1S/C27H30ClN3O4S/c1-19-10-8-11-22(16-19)17-30(21(3)27(33)29-4)26(32)18-31(25-15-9-14-24(28)20(25)2)36(34,35)23-12-6-5-7-13-23/h5-16,21H,17-18H2,1-4H3,(H,29,33)/t21-/m0/s1. The lowest BCUT2D eigenvalue weighted by molar-refractivity contribution is -0.139. The summed E-state index contributed by atoms with van der Waals surface area (Å²) in [6, 6.07) is 19.6. The van der Waals surface area contributed by atoms with Crippen LogP contribution in [0.15, 0.2) is 77.7 Å². The van der Waals surface area contributed by atoms with E-state index < -0.39 is 28.5 Å². The van der Waals surface area contributed by atoms with Gasteiger partial charge in [0.1, 0.15) is 12.6 Å². The number of likely N-dealkylation sites (N-methyl/N-ethyl adjacent to an activating group) is 1. The van der Waals surface area contributed by atoms with Crippen molar-refractivity contribution < 1.29 is 18.0 Å². The number of benzene rings is 3. The van der Waals surface area contributed by atoms with Crippen molar-refractivity contribution in [1.29, 1.82) is 0 Å². The summed E-state index contributed by atoms with van der Waals surface area (Å²) in [5.41, 5.74) is 2.66. The molecule has 0 unspecified atom stereocenters. The van der Waals surface area contributed by atoms with Gasteiger partial charge in [0, 0.05) is 18.6 Å². The maximum absolute atomic E-state index is 13.8. The Balaban J connectivity index is 2.07. The Morgan fingerprint density at radius 1 is 0.972 bits per heavy atom. The number of anilines is 1. The summed E-state index contributed by atoms with van der Waals surface area (Å²) in [6.45, 7) is 4.89. The Kier molecular flexibility index (Phi) is 8.76. The predicted octanol–water partition coefficient (Wildman–Crippen LogP) is 4.32. The number of hydrogen-bond donors (Lipinski definition) is 1. The van der Waals surface area contributed by atoms with Gasteiger partial charge < -0.3 is 10.2 Å². The summed E-state index contributed by atoms with van der Waals surface area (Å²) >= 11 is 6.32. The van der Waals surface area contributed by atoms with Gasteiger partial charge in [-0.25, -0.2) is 8.42 Å². The average Bonchev–Trinajstić information content (AvgIpc) is 2.87. The molecule has 2 amide bonds. The highest BCUT2D eigenvalue weighted by molar-refractivity contribution is 7.92. The normalized spacial score (nSPS) is 12.0. The van der Waals surface area contributed by atoms with Crippen molar-refractivity contribution in [3.05, 3.63) is 94.5 Å². The maximum Gasteiger partial charge on any atom is 0.264 e. The van der Waals surface area contributed by atoms with Crippen molar-refractivity contribution in [2.24, 2.45) is 0 Å². The SMILES string of the molecule is CNC(=O)[C@H](C)N(Cc1cccc(C)c1)C(=O)CN(c1cccc(Cl)c1C)S(=O)(=O)c1ccccc1. The maximum atomic E-state index is 13.8. The molecule has 0 bridgehead atoms. The third-order valence-electron chi connectivity index (χ3n) is 5.97. The fourth-order valence-electron chi connectivity index (χ4n) is 3.90. The molecule has 0 radical (unpaired) electrons. The molecule has 0 saturated heterocycles. The molecule has 36 heavy (non-hydrogen) atoms. The lowest BCUT2D eigenvalue weighted by atomic mass is 10.1. The van der Waals surface area contributed by atoms with Crippen LogP contribution in [0.1, 0.15) is 23.6 Å². The molecule has 0 aliphatic rings. The van der Waals surface area contributed by atoms with Crippen molar-refractivity contribution in [2.75, 3.05) is 17.9 Å². The van der Waals surface area contributed by atoms with Crippen LogP contribution in [0.3, 0.4) is 0 Å². The minimum absolute atomic E-state index is 0.0433. The number of halogens is 1. The minimum atomic E-state index is -4.13. The summed E-state index contributed by atoms with van der Waals surface area (Å²) in [6.07, 6.45) is 0. The van der Waals surface area contributed by atoms with Crippen LogP contribution in [0.4, 0.5) is 5.69 Å². The van der Waals surface area contributed by atoms with Crippen LogP contribution in [-0.4, -0.2) is 44.8 Å². The van der Waals surface area contributed by atoms with Crippen LogP contribution in [0.2, 0.25) is 5.02 Å². The van der Waals surface area contributed by atoms with E-state index in [4.69, 9.17) is 11.6 Å². The Morgan fingerprint density at radius 2 is 1.64 bits per heavy atom. The Hall–Kier alpha value is -3.36. The molecule has 0 saturated carbocycles. The molecule has 0 fully saturated rings. The second-order valence-corrected chi connectivity index (χ2v) is 10.8. The zero-order chi connectivity index (χ0) is 26.5. The Bertz CT molecular complexity index is 1350. The highest BCUT2D eigenvalue weighted by Crippen LogP contribution is 2.31. The molecule has 0 aliphatic carbocycles. The summed E-state index contributed by atoms with van der Waals surface area (Å²) in [5.74, 6) is -0.876. The van der Waals surface area contributed by atoms with E-state index in [-0.39, 0.29) is 17.3 Å². The van der Waals surface area contributed by atoms with Gasteiger partial charge in [-0.1, -0.05) is 65.7 Å². The van der Waals surface area contributed by atoms with Gasteiger partial charge in [-0.3, -0.25) is 13.9 Å². The third kappa shape index (κ3) is 6.06. The number of carbonyl (C=O) groups is 2. The molecule has 1 N–H and O–H groups in total. The fourth-order valence-corrected chi connectivity index (χ4v) is 5.56. The van der Waals surface area contributed by atoms with E-state index in [2.05, 4.69) is 5.32 Å². The van der Waals surface area contributed by atoms with E-state index in [1.54, 1.807) is 50.2 Å². The molecular formula is C27H30ClN3O4S. The molecule has 190 valence electrons. The van der Waals surface area contributed by atoms with Gasteiger partial charge in [-0.15, -0.1) is 0 Å². The molecule has 0 aliphatic heterocycles. The summed E-state index contributed by atoms with van der Waals surface area (Å²) in [7, 11) is -2.63. The van der Waals surface area contributed by atoms with Gasteiger partial charge in [0.25, 0.3) is 10.0 Å². The van der Waals surface area contributed by atoms with E-state index in [9.17, 15) is 18.0 Å². The number of carbonyl (C=O) groups excluding carboxylic acids is 2. The van der Waals surface area contributed by atoms with Gasteiger partial charge in [-0.2, -0.15) is 0 Å². The van der Waals surface area contributed by atoms with E-state index in [1.807, 2.05) is 31.2 Å². The second-order valence-electron chi connectivity index (χ2n) is 8.51. The van der Waals surface area contributed by atoms with Crippen LogP contribution in [0.25, 0.3) is 0 Å². The number of nitrogens with one attached hydrogen (secondary N) is 1. The van der Waals surface area contributed by atoms with Gasteiger partial charge in [0.2, 0.25) is 11.8 Å². The zero-order valence-corrected chi connectivity index (χ0v) is 22.3. The highest BCUT2D eigenvalue weighted by Gasteiger charge is 2.33. The second kappa shape index (κ2) is 11.6. The molecular weight excluding hydrogens is 498 g/mol. The molecule has 0 heterocycles. The van der Waals surface area contributed by atoms with E-state index in [0.717, 1.165) is 15.4 Å². The van der Waals surface area contributed by atoms with E-state index in [1.165, 1.54) is 24.1 Å². The molecule has 3 rings (SSSR count). The van der Waals surface area contributed by atoms with Crippen molar-refractivity contribution in [1.82, 2.24) is 10.2 Å². The first-order chi connectivity index (χ1) is 17.1. The minimum Gasteiger partial charge on any atom is -0.357 e. The lowest BCUT2D eigenvalue weighted by Gasteiger charge is -2.32. The summed E-state index contributed by atoms with van der Waals surface area (Å²) in [5, 5.41) is 2.95. The molecule has 3 aromatic carbocycles. The van der Waals surface area contributed by atoms with Gasteiger partial charge in [0.05, 0.1) is 10.6 Å². The van der Waals surface area contributed by atoms with E-state index >= 15 is 0 Å². The Labute approximate surface area is 217 Å². The number of nitrogens with zero attached hydrogens (tertiary/aromatic N) is 2. The average molecular weight is 528 g/mol.